The van der Waals surface area contributed by atoms with Gasteiger partial charge in [0, 0.05) is 24.1 Å². The largest absolute Gasteiger partial charge is 0.388 e. The highest BCUT2D eigenvalue weighted by Crippen LogP contribution is 2.44. The molecule has 0 aromatic heterocycles. The van der Waals surface area contributed by atoms with Crippen molar-refractivity contribution in [2.45, 2.75) is 30.8 Å². The van der Waals surface area contributed by atoms with Gasteiger partial charge < -0.3 is 21.1 Å². The van der Waals surface area contributed by atoms with Gasteiger partial charge in [-0.1, -0.05) is 42.5 Å². The van der Waals surface area contributed by atoms with Gasteiger partial charge in [0.2, 0.25) is 5.91 Å². The van der Waals surface area contributed by atoms with E-state index in [0.717, 1.165) is 43.6 Å². The van der Waals surface area contributed by atoms with Gasteiger partial charge >= 0.3 is 0 Å². The molecule has 1 aliphatic rings. The number of benzene rings is 2. The molecule has 30 heavy (non-hydrogen) atoms. The maximum atomic E-state index is 11.8. The van der Waals surface area contributed by atoms with E-state index in [2.05, 4.69) is 30.4 Å². The van der Waals surface area contributed by atoms with Crippen LogP contribution in [0.1, 0.15) is 46.9 Å². The Balaban J connectivity index is 0.00000320. The highest BCUT2D eigenvalue weighted by atomic mass is 35.5. The number of hydrogen-bond acceptors (Lipinski definition) is 4. The Morgan fingerprint density at radius 2 is 1.97 bits per heavy atom. The van der Waals surface area contributed by atoms with E-state index in [-0.39, 0.29) is 17.8 Å². The number of amides is 1. The van der Waals surface area contributed by atoms with Crippen LogP contribution < -0.4 is 11.1 Å². The van der Waals surface area contributed by atoms with Crippen molar-refractivity contribution in [1.29, 1.82) is 0 Å². The van der Waals surface area contributed by atoms with Crippen LogP contribution in [0.15, 0.2) is 54.6 Å². The number of halogens is 1. The van der Waals surface area contributed by atoms with Crippen molar-refractivity contribution in [3.63, 3.8) is 0 Å². The fraction of sp³-hybridized carbons (Fsp3) is 0.458. The van der Waals surface area contributed by atoms with Gasteiger partial charge in [-0.25, -0.2) is 0 Å². The molecule has 0 aliphatic carbocycles. The summed E-state index contributed by atoms with van der Waals surface area (Å²) in [6.45, 7) is 2.78. The summed E-state index contributed by atoms with van der Waals surface area (Å²) < 4.78 is 0. The summed E-state index contributed by atoms with van der Waals surface area (Å²) in [5.74, 6) is -0.0261. The Morgan fingerprint density at radius 1 is 1.23 bits per heavy atom. The van der Waals surface area contributed by atoms with E-state index in [1.807, 2.05) is 42.5 Å². The molecule has 3 atom stereocenters. The quantitative estimate of drug-likeness (QED) is 0.600. The topological polar surface area (TPSA) is 78.6 Å². The summed E-state index contributed by atoms with van der Waals surface area (Å²) >= 11 is 0. The first kappa shape index (κ1) is 24.4. The van der Waals surface area contributed by atoms with Crippen LogP contribution in [-0.2, 0) is 5.41 Å². The molecule has 5 nitrogen and oxygen atoms in total. The van der Waals surface area contributed by atoms with Crippen molar-refractivity contribution >= 4 is 18.3 Å². The number of rotatable bonds is 8. The van der Waals surface area contributed by atoms with E-state index in [1.165, 1.54) is 0 Å². The molecular formula is C24H34ClN3O2. The highest BCUT2D eigenvalue weighted by Gasteiger charge is 2.42. The number of primary amides is 1. The molecule has 1 aliphatic heterocycles. The Hall–Kier alpha value is -1.92. The first-order chi connectivity index (χ1) is 13.9. The number of carbonyl (C=O) groups is 1. The second-order valence-corrected chi connectivity index (χ2v) is 8.48. The van der Waals surface area contributed by atoms with Crippen molar-refractivity contribution in [1.82, 2.24) is 10.2 Å². The Morgan fingerprint density at radius 3 is 2.63 bits per heavy atom. The molecule has 6 heteroatoms. The van der Waals surface area contributed by atoms with Gasteiger partial charge in [-0.05, 0) is 69.1 Å². The third kappa shape index (κ3) is 5.61. The first-order valence-corrected chi connectivity index (χ1v) is 10.4. The maximum Gasteiger partial charge on any atom is 0.248 e. The molecule has 0 saturated carbocycles. The number of nitrogens with zero attached hydrogens (tertiary/aromatic N) is 1. The molecular weight excluding hydrogens is 398 g/mol. The lowest BCUT2D eigenvalue weighted by atomic mass is 9.63. The van der Waals surface area contributed by atoms with Crippen molar-refractivity contribution in [2.24, 2.45) is 11.7 Å². The van der Waals surface area contributed by atoms with Crippen molar-refractivity contribution in [3.05, 3.63) is 71.3 Å². The number of aliphatic hydroxyl groups excluding tert-OH is 1. The zero-order chi connectivity index (χ0) is 20.9. The average molecular weight is 432 g/mol. The number of aliphatic hydroxyl groups is 1. The third-order valence-corrected chi connectivity index (χ3v) is 6.28. The predicted molar refractivity (Wildman–Crippen MR) is 124 cm³/mol. The van der Waals surface area contributed by atoms with Crippen molar-refractivity contribution < 1.29 is 9.90 Å². The standard InChI is InChI=1S/C24H33N3O2.ClH/c1-27(2)17-21-16-26-14-13-24(21,20-10-6-9-19(15-20)23(25)29)12-11-22(28)18-7-4-3-5-8-18;/h3-10,15,21-22,26,28H,11-14,16-17H2,1-2H3,(H2,25,29);1H/t21?,22-,24?;/m0./s1. The lowest BCUT2D eigenvalue weighted by Crippen LogP contribution is -2.51. The van der Waals surface area contributed by atoms with Crippen LogP contribution in [-0.4, -0.2) is 49.6 Å². The van der Waals surface area contributed by atoms with Crippen LogP contribution in [0.2, 0.25) is 0 Å². The number of piperidine rings is 1. The van der Waals surface area contributed by atoms with Gasteiger partial charge in [-0.2, -0.15) is 0 Å². The molecule has 2 unspecified atom stereocenters. The molecule has 3 rings (SSSR count). The molecule has 2 aromatic carbocycles. The number of hydrogen-bond donors (Lipinski definition) is 3. The molecule has 2 aromatic rings. The van der Waals surface area contributed by atoms with Crippen LogP contribution in [0.5, 0.6) is 0 Å². The summed E-state index contributed by atoms with van der Waals surface area (Å²) in [6, 6.07) is 17.6. The summed E-state index contributed by atoms with van der Waals surface area (Å²) in [7, 11) is 4.19. The smallest absolute Gasteiger partial charge is 0.248 e. The van der Waals surface area contributed by atoms with Crippen LogP contribution in [0, 0.1) is 5.92 Å². The fourth-order valence-electron chi connectivity index (χ4n) is 4.74. The van der Waals surface area contributed by atoms with E-state index in [0.29, 0.717) is 17.9 Å². The zero-order valence-electron chi connectivity index (χ0n) is 17.9. The Labute approximate surface area is 186 Å². The molecule has 1 fully saturated rings. The van der Waals surface area contributed by atoms with E-state index in [1.54, 1.807) is 6.07 Å². The molecule has 1 heterocycles. The van der Waals surface area contributed by atoms with Crippen LogP contribution >= 0.6 is 12.4 Å². The summed E-state index contributed by atoms with van der Waals surface area (Å²) in [5.41, 5.74) is 8.11. The Kier molecular flexibility index (Phi) is 8.86. The van der Waals surface area contributed by atoms with Gasteiger partial charge in [0.1, 0.15) is 0 Å². The van der Waals surface area contributed by atoms with E-state index < -0.39 is 12.0 Å². The van der Waals surface area contributed by atoms with Gasteiger partial charge in [0.15, 0.2) is 0 Å². The third-order valence-electron chi connectivity index (χ3n) is 6.28. The minimum Gasteiger partial charge on any atom is -0.388 e. The molecule has 0 spiro atoms. The molecule has 164 valence electrons. The van der Waals surface area contributed by atoms with Crippen LogP contribution in [0.3, 0.4) is 0 Å². The van der Waals surface area contributed by atoms with Gasteiger partial charge in [0.05, 0.1) is 6.10 Å². The van der Waals surface area contributed by atoms with E-state index >= 15 is 0 Å². The van der Waals surface area contributed by atoms with E-state index in [9.17, 15) is 9.90 Å². The normalized spacial score (nSPS) is 22.3. The van der Waals surface area contributed by atoms with Crippen molar-refractivity contribution in [2.75, 3.05) is 33.7 Å². The van der Waals surface area contributed by atoms with Gasteiger partial charge in [-0.15, -0.1) is 12.4 Å². The molecule has 4 N–H and O–H groups in total. The Bertz CT molecular complexity index is 815. The summed E-state index contributed by atoms with van der Waals surface area (Å²) in [6.07, 6.45) is 2.00. The van der Waals surface area contributed by atoms with Crippen LogP contribution in [0.25, 0.3) is 0 Å². The fourth-order valence-corrected chi connectivity index (χ4v) is 4.74. The zero-order valence-corrected chi connectivity index (χ0v) is 18.7. The van der Waals surface area contributed by atoms with Gasteiger partial charge in [0.25, 0.3) is 0 Å². The molecule has 1 saturated heterocycles. The minimum atomic E-state index is -0.498. The van der Waals surface area contributed by atoms with Gasteiger partial charge in [-0.3, -0.25) is 4.79 Å². The van der Waals surface area contributed by atoms with Crippen LogP contribution in [0.4, 0.5) is 0 Å². The molecule has 1 amide bonds. The maximum absolute atomic E-state index is 11.8. The lowest BCUT2D eigenvalue weighted by Gasteiger charge is -2.47. The monoisotopic (exact) mass is 431 g/mol. The number of nitrogens with two attached hydrogens (primary N) is 1. The summed E-state index contributed by atoms with van der Waals surface area (Å²) in [5, 5.41) is 14.4. The van der Waals surface area contributed by atoms with Crippen molar-refractivity contribution in [3.8, 4) is 0 Å². The lowest BCUT2D eigenvalue weighted by molar-refractivity contribution is 0.0996. The molecule has 0 bridgehead atoms. The second-order valence-electron chi connectivity index (χ2n) is 8.48. The average Bonchev–Trinajstić information content (AvgIpc) is 2.73. The predicted octanol–water partition coefficient (Wildman–Crippen LogP) is 3.13. The first-order valence-electron chi connectivity index (χ1n) is 10.4. The summed E-state index contributed by atoms with van der Waals surface area (Å²) in [4.78, 5) is 14.0. The SMILES string of the molecule is CN(C)CC1CNCCC1(CC[C@H](O)c1ccccc1)c1cccc(C(N)=O)c1.Cl. The number of nitrogens with one attached hydrogen (secondary N) is 1. The number of carbonyl (C=O) groups excluding carboxylic acids is 1. The minimum absolute atomic E-state index is 0. The second kappa shape index (κ2) is 10.9. The molecule has 0 radical (unpaired) electrons. The highest BCUT2D eigenvalue weighted by molar-refractivity contribution is 5.93. The van der Waals surface area contributed by atoms with E-state index in [4.69, 9.17) is 5.73 Å².